The van der Waals surface area contributed by atoms with E-state index in [2.05, 4.69) is 15.0 Å². The van der Waals surface area contributed by atoms with Crippen LogP contribution in [0.1, 0.15) is 28.8 Å². The number of benzene rings is 1. The Bertz CT molecular complexity index is 773. The lowest BCUT2D eigenvalue weighted by atomic mass is 10.1. The van der Waals surface area contributed by atoms with E-state index in [0.717, 1.165) is 12.8 Å². The van der Waals surface area contributed by atoms with Gasteiger partial charge in [-0.3, -0.25) is 4.79 Å². The molecular weight excluding hydrogens is 377 g/mol. The molecular formula is C19H19F3N2O4. The average Bonchev–Trinajstić information content (AvgIpc) is 2.67. The molecule has 0 radical (unpaired) electrons. The molecule has 1 aromatic heterocycles. The molecule has 2 aromatic rings. The number of nitrogens with zero attached hydrogens (tertiary/aromatic N) is 1. The Labute approximate surface area is 159 Å². The first-order valence-corrected chi connectivity index (χ1v) is 8.72. The first-order valence-electron chi connectivity index (χ1n) is 8.72. The summed E-state index contributed by atoms with van der Waals surface area (Å²) in [5.41, 5.74) is 0.992. The molecule has 0 spiro atoms. The van der Waals surface area contributed by atoms with Gasteiger partial charge in [0.05, 0.1) is 18.8 Å². The van der Waals surface area contributed by atoms with E-state index in [1.165, 1.54) is 30.5 Å². The zero-order valence-corrected chi connectivity index (χ0v) is 14.9. The quantitative estimate of drug-likeness (QED) is 0.810. The summed E-state index contributed by atoms with van der Waals surface area (Å²) < 4.78 is 51.3. The molecule has 2 heterocycles. The second-order valence-corrected chi connectivity index (χ2v) is 6.19. The minimum atomic E-state index is -4.73. The molecule has 3 rings (SSSR count). The number of carbonyl (C=O) groups excluding carboxylic acids is 1. The molecule has 1 aromatic carbocycles. The Morgan fingerprint density at radius 2 is 1.86 bits per heavy atom. The van der Waals surface area contributed by atoms with Crippen LogP contribution < -0.4 is 14.8 Å². The highest BCUT2D eigenvalue weighted by Crippen LogP contribution is 2.22. The zero-order valence-electron chi connectivity index (χ0n) is 14.9. The summed E-state index contributed by atoms with van der Waals surface area (Å²) in [7, 11) is 0. The van der Waals surface area contributed by atoms with Gasteiger partial charge in [0.2, 0.25) is 5.88 Å². The summed E-state index contributed by atoms with van der Waals surface area (Å²) >= 11 is 0. The maximum atomic E-state index is 12.2. The number of rotatable bonds is 6. The van der Waals surface area contributed by atoms with Gasteiger partial charge in [-0.25, -0.2) is 4.98 Å². The molecule has 1 aliphatic heterocycles. The number of pyridine rings is 1. The van der Waals surface area contributed by atoms with Gasteiger partial charge < -0.3 is 19.5 Å². The van der Waals surface area contributed by atoms with Gasteiger partial charge in [-0.05, 0) is 23.8 Å². The van der Waals surface area contributed by atoms with Gasteiger partial charge in [-0.2, -0.15) is 0 Å². The minimum absolute atomic E-state index is 0.0604. The highest BCUT2D eigenvalue weighted by atomic mass is 19.4. The van der Waals surface area contributed by atoms with E-state index < -0.39 is 6.36 Å². The van der Waals surface area contributed by atoms with Crippen LogP contribution in [0.3, 0.4) is 0 Å². The Morgan fingerprint density at radius 3 is 2.46 bits per heavy atom. The van der Waals surface area contributed by atoms with Crippen molar-refractivity contribution in [3.63, 3.8) is 0 Å². The standard InChI is InChI=1S/C19H19F3N2O4/c20-19(21,22)28-16-4-1-13(2-5-16)11-24-18(25)14-3-6-17(23-12-14)27-15-7-9-26-10-8-15/h1-6,12,15H,7-11H2,(H,24,25). The molecule has 28 heavy (non-hydrogen) atoms. The van der Waals surface area contributed by atoms with Crippen molar-refractivity contribution in [2.45, 2.75) is 31.9 Å². The molecule has 9 heteroatoms. The van der Waals surface area contributed by atoms with E-state index in [9.17, 15) is 18.0 Å². The Balaban J connectivity index is 1.49. The fraction of sp³-hybridized carbons (Fsp3) is 0.368. The number of amides is 1. The number of hydrogen-bond acceptors (Lipinski definition) is 5. The van der Waals surface area contributed by atoms with Crippen LogP contribution in [0.25, 0.3) is 0 Å². The predicted octanol–water partition coefficient (Wildman–Crippen LogP) is 3.47. The van der Waals surface area contributed by atoms with Gasteiger partial charge in [0.15, 0.2) is 0 Å². The minimum Gasteiger partial charge on any atom is -0.474 e. The Hall–Kier alpha value is -2.81. The monoisotopic (exact) mass is 396 g/mol. The second kappa shape index (κ2) is 8.92. The molecule has 1 aliphatic rings. The fourth-order valence-corrected chi connectivity index (χ4v) is 2.64. The summed E-state index contributed by atoms with van der Waals surface area (Å²) in [5, 5.41) is 2.68. The van der Waals surface area contributed by atoms with Gasteiger partial charge in [0.25, 0.3) is 5.91 Å². The maximum Gasteiger partial charge on any atom is 0.573 e. The van der Waals surface area contributed by atoms with E-state index in [1.54, 1.807) is 12.1 Å². The third-order valence-corrected chi connectivity index (χ3v) is 4.06. The van der Waals surface area contributed by atoms with Gasteiger partial charge in [0.1, 0.15) is 11.9 Å². The normalized spacial score (nSPS) is 15.1. The topological polar surface area (TPSA) is 69.7 Å². The summed E-state index contributed by atoms with van der Waals surface area (Å²) in [4.78, 5) is 16.3. The van der Waals surface area contributed by atoms with Crippen LogP contribution in [0.5, 0.6) is 11.6 Å². The molecule has 0 atom stereocenters. The van der Waals surface area contributed by atoms with Crippen molar-refractivity contribution in [1.82, 2.24) is 10.3 Å². The number of carbonyl (C=O) groups is 1. The van der Waals surface area contributed by atoms with Crippen LogP contribution in [0.4, 0.5) is 13.2 Å². The van der Waals surface area contributed by atoms with E-state index in [1.807, 2.05) is 0 Å². The van der Waals surface area contributed by atoms with E-state index in [0.29, 0.717) is 30.2 Å². The maximum absolute atomic E-state index is 12.2. The van der Waals surface area contributed by atoms with Crippen molar-refractivity contribution in [3.8, 4) is 11.6 Å². The highest BCUT2D eigenvalue weighted by Gasteiger charge is 2.30. The zero-order chi connectivity index (χ0) is 20.0. The van der Waals surface area contributed by atoms with Crippen LogP contribution in [0.15, 0.2) is 42.6 Å². The molecule has 6 nitrogen and oxygen atoms in total. The second-order valence-electron chi connectivity index (χ2n) is 6.19. The van der Waals surface area contributed by atoms with Crippen LogP contribution in [0.2, 0.25) is 0 Å². The lowest BCUT2D eigenvalue weighted by molar-refractivity contribution is -0.274. The summed E-state index contributed by atoms with van der Waals surface area (Å²) in [6.07, 6.45) is -1.65. The molecule has 0 saturated carbocycles. The van der Waals surface area contributed by atoms with Crippen LogP contribution in [0, 0.1) is 0 Å². The third kappa shape index (κ3) is 6.12. The Morgan fingerprint density at radius 1 is 1.14 bits per heavy atom. The first kappa shape index (κ1) is 19.9. The van der Waals surface area contributed by atoms with Gasteiger partial charge >= 0.3 is 6.36 Å². The van der Waals surface area contributed by atoms with Gasteiger partial charge in [-0.15, -0.1) is 13.2 Å². The molecule has 0 bridgehead atoms. The SMILES string of the molecule is O=C(NCc1ccc(OC(F)(F)F)cc1)c1ccc(OC2CCOCC2)nc1. The smallest absolute Gasteiger partial charge is 0.474 e. The lowest BCUT2D eigenvalue weighted by Gasteiger charge is -2.22. The average molecular weight is 396 g/mol. The number of ether oxygens (including phenoxy) is 3. The lowest BCUT2D eigenvalue weighted by Crippen LogP contribution is -2.26. The molecule has 1 amide bonds. The largest absolute Gasteiger partial charge is 0.573 e. The number of hydrogen-bond donors (Lipinski definition) is 1. The summed E-state index contributed by atoms with van der Waals surface area (Å²) in [6, 6.07) is 8.53. The van der Waals surface area contributed by atoms with Crippen molar-refractivity contribution in [3.05, 3.63) is 53.7 Å². The van der Waals surface area contributed by atoms with Crippen molar-refractivity contribution in [2.24, 2.45) is 0 Å². The molecule has 1 saturated heterocycles. The number of aromatic nitrogens is 1. The third-order valence-electron chi connectivity index (χ3n) is 4.06. The highest BCUT2D eigenvalue weighted by molar-refractivity contribution is 5.93. The molecule has 150 valence electrons. The van der Waals surface area contributed by atoms with Crippen molar-refractivity contribution in [2.75, 3.05) is 13.2 Å². The van der Waals surface area contributed by atoms with E-state index in [4.69, 9.17) is 9.47 Å². The number of halogens is 3. The van der Waals surface area contributed by atoms with E-state index in [-0.39, 0.29) is 24.3 Å². The van der Waals surface area contributed by atoms with Gasteiger partial charge in [-0.1, -0.05) is 12.1 Å². The predicted molar refractivity (Wildman–Crippen MR) is 93.0 cm³/mol. The van der Waals surface area contributed by atoms with Crippen LogP contribution in [-0.4, -0.2) is 36.6 Å². The van der Waals surface area contributed by atoms with Crippen molar-refractivity contribution >= 4 is 5.91 Å². The molecule has 1 fully saturated rings. The molecule has 0 aliphatic carbocycles. The number of nitrogens with one attached hydrogen (secondary N) is 1. The number of alkyl halides is 3. The van der Waals surface area contributed by atoms with Crippen LogP contribution in [-0.2, 0) is 11.3 Å². The van der Waals surface area contributed by atoms with E-state index >= 15 is 0 Å². The fourth-order valence-electron chi connectivity index (χ4n) is 2.64. The van der Waals surface area contributed by atoms with Crippen molar-refractivity contribution < 1.29 is 32.2 Å². The molecule has 0 unspecified atom stereocenters. The van der Waals surface area contributed by atoms with Crippen molar-refractivity contribution in [1.29, 1.82) is 0 Å². The molecule has 1 N–H and O–H groups in total. The summed E-state index contributed by atoms with van der Waals surface area (Å²) in [5.74, 6) is -0.212. The van der Waals surface area contributed by atoms with Gasteiger partial charge in [0, 0.05) is 31.6 Å². The Kier molecular flexibility index (Phi) is 6.35. The summed E-state index contributed by atoms with van der Waals surface area (Å²) in [6.45, 7) is 1.48. The first-order chi connectivity index (χ1) is 13.4. The van der Waals surface area contributed by atoms with Crippen LogP contribution >= 0.6 is 0 Å².